The van der Waals surface area contributed by atoms with Crippen LogP contribution < -0.4 is 0 Å². The van der Waals surface area contributed by atoms with Crippen LogP contribution in [0.15, 0.2) is 18.2 Å². The first-order valence-corrected chi connectivity index (χ1v) is 3.80. The van der Waals surface area contributed by atoms with Crippen molar-refractivity contribution in [2.75, 3.05) is 0 Å². The van der Waals surface area contributed by atoms with E-state index in [1.165, 1.54) is 0 Å². The maximum atomic E-state index is 9.93. The number of aldehydes is 1. The summed E-state index contributed by atoms with van der Waals surface area (Å²) in [6, 6.07) is 6.69. The van der Waals surface area contributed by atoms with Gasteiger partial charge in [-0.1, -0.05) is 17.5 Å². The summed E-state index contributed by atoms with van der Waals surface area (Å²) in [7, 11) is 0. The van der Waals surface area contributed by atoms with E-state index in [9.17, 15) is 4.79 Å². The number of benzene rings is 1. The molecule has 0 saturated heterocycles. The smallest absolute Gasteiger partial charge is 0.193 e. The Morgan fingerprint density at radius 2 is 2.23 bits per heavy atom. The van der Waals surface area contributed by atoms with E-state index in [0.717, 1.165) is 0 Å². The van der Waals surface area contributed by atoms with Gasteiger partial charge in [0.15, 0.2) is 6.29 Å². The maximum absolute atomic E-state index is 9.93. The number of rotatable bonds is 0. The van der Waals surface area contributed by atoms with E-state index in [0.29, 0.717) is 22.4 Å². The lowest BCUT2D eigenvalue weighted by atomic mass is 10.1. The normalized spacial score (nSPS) is 8.00. The van der Waals surface area contributed by atoms with Crippen molar-refractivity contribution >= 4 is 17.9 Å². The van der Waals surface area contributed by atoms with Crippen molar-refractivity contribution in [1.29, 1.82) is 5.26 Å². The van der Waals surface area contributed by atoms with Gasteiger partial charge in [0.25, 0.3) is 0 Å². The Morgan fingerprint density at radius 1 is 1.46 bits per heavy atom. The van der Waals surface area contributed by atoms with E-state index in [1.807, 2.05) is 6.07 Å². The van der Waals surface area contributed by atoms with Gasteiger partial charge in [0.05, 0.1) is 10.6 Å². The summed E-state index contributed by atoms with van der Waals surface area (Å²) in [4.78, 5) is 9.93. The molecule has 0 radical (unpaired) electrons. The zero-order valence-corrected chi connectivity index (χ0v) is 7.30. The summed E-state index contributed by atoms with van der Waals surface area (Å²) in [5, 5.41) is 8.91. The molecular formula is C10H4ClNO. The van der Waals surface area contributed by atoms with Gasteiger partial charge in [0.1, 0.15) is 6.07 Å². The minimum absolute atomic E-state index is 0.347. The average molecular weight is 190 g/mol. The fraction of sp³-hybridized carbons (Fsp3) is 0. The van der Waals surface area contributed by atoms with Crippen LogP contribution in [-0.2, 0) is 4.79 Å². The van der Waals surface area contributed by atoms with Crippen molar-refractivity contribution in [1.82, 2.24) is 0 Å². The summed E-state index contributed by atoms with van der Waals surface area (Å²) < 4.78 is 0. The lowest BCUT2D eigenvalue weighted by Crippen LogP contribution is -1.79. The average Bonchev–Trinajstić information content (AvgIpc) is 2.15. The fourth-order valence-electron chi connectivity index (χ4n) is 0.796. The number of halogens is 1. The third kappa shape index (κ3) is 2.33. The molecule has 0 aliphatic rings. The number of carbonyl (C=O) groups excluding carboxylic acids is 1. The lowest BCUT2D eigenvalue weighted by molar-refractivity contribution is -0.103. The van der Waals surface area contributed by atoms with Crippen LogP contribution >= 0.6 is 11.6 Å². The van der Waals surface area contributed by atoms with Crippen molar-refractivity contribution in [2.45, 2.75) is 0 Å². The minimum Gasteiger partial charge on any atom is -0.289 e. The van der Waals surface area contributed by atoms with Crippen LogP contribution in [0, 0.1) is 23.2 Å². The molecule has 0 aliphatic heterocycles. The second-order valence-corrected chi connectivity index (χ2v) is 2.60. The van der Waals surface area contributed by atoms with Crippen molar-refractivity contribution < 1.29 is 4.79 Å². The Hall–Kier alpha value is -1.77. The Kier molecular flexibility index (Phi) is 3.09. The minimum atomic E-state index is 0.347. The van der Waals surface area contributed by atoms with E-state index in [2.05, 4.69) is 11.8 Å². The van der Waals surface area contributed by atoms with Crippen molar-refractivity contribution in [2.24, 2.45) is 0 Å². The molecule has 0 saturated carbocycles. The second kappa shape index (κ2) is 4.30. The highest BCUT2D eigenvalue weighted by atomic mass is 35.5. The molecule has 0 aromatic heterocycles. The number of hydrogen-bond donors (Lipinski definition) is 0. The first kappa shape index (κ1) is 9.32. The molecule has 2 nitrogen and oxygen atoms in total. The molecule has 0 heterocycles. The van der Waals surface area contributed by atoms with Gasteiger partial charge in [-0.3, -0.25) is 4.79 Å². The summed E-state index contributed by atoms with van der Waals surface area (Å²) in [5.41, 5.74) is 1.02. The molecule has 62 valence electrons. The van der Waals surface area contributed by atoms with Gasteiger partial charge >= 0.3 is 0 Å². The number of nitriles is 1. The van der Waals surface area contributed by atoms with Gasteiger partial charge in [-0.05, 0) is 24.1 Å². The zero-order chi connectivity index (χ0) is 9.68. The predicted octanol–water partition coefficient (Wildman–Crippen LogP) is 1.76. The summed E-state index contributed by atoms with van der Waals surface area (Å²) in [5.74, 6) is 4.83. The van der Waals surface area contributed by atoms with E-state index in [4.69, 9.17) is 16.9 Å². The number of nitrogens with zero attached hydrogens (tertiary/aromatic N) is 1. The largest absolute Gasteiger partial charge is 0.289 e. The molecule has 0 atom stereocenters. The van der Waals surface area contributed by atoms with Crippen LogP contribution in [0.4, 0.5) is 0 Å². The Labute approximate surface area is 80.7 Å². The predicted molar refractivity (Wildman–Crippen MR) is 49.1 cm³/mol. The molecule has 1 aromatic carbocycles. The van der Waals surface area contributed by atoms with E-state index < -0.39 is 0 Å². The van der Waals surface area contributed by atoms with Gasteiger partial charge in [0, 0.05) is 5.56 Å². The number of carbonyl (C=O) groups is 1. The second-order valence-electron chi connectivity index (χ2n) is 2.19. The Bertz CT molecular complexity index is 434. The SMILES string of the molecule is N#Cc1ccc(C#CC=O)cc1Cl. The van der Waals surface area contributed by atoms with Crippen molar-refractivity contribution in [3.63, 3.8) is 0 Å². The fourth-order valence-corrected chi connectivity index (χ4v) is 1.02. The van der Waals surface area contributed by atoms with Gasteiger partial charge in [-0.15, -0.1) is 0 Å². The van der Waals surface area contributed by atoms with Gasteiger partial charge in [-0.2, -0.15) is 5.26 Å². The topological polar surface area (TPSA) is 40.9 Å². The Morgan fingerprint density at radius 3 is 2.77 bits per heavy atom. The first-order valence-electron chi connectivity index (χ1n) is 3.43. The van der Waals surface area contributed by atoms with Crippen molar-refractivity contribution in [3.05, 3.63) is 34.3 Å². The molecular weight excluding hydrogens is 186 g/mol. The highest BCUT2D eigenvalue weighted by Crippen LogP contribution is 2.15. The molecule has 0 bridgehead atoms. The summed E-state index contributed by atoms with van der Waals surface area (Å²) >= 11 is 5.73. The Balaban J connectivity index is 3.11. The summed E-state index contributed by atoms with van der Waals surface area (Å²) in [6.07, 6.45) is 0.506. The van der Waals surface area contributed by atoms with Crippen LogP contribution in [0.25, 0.3) is 0 Å². The molecule has 0 fully saturated rings. The first-order chi connectivity index (χ1) is 6.27. The third-order valence-electron chi connectivity index (χ3n) is 1.36. The summed E-state index contributed by atoms with van der Waals surface area (Å²) in [6.45, 7) is 0. The van der Waals surface area contributed by atoms with Gasteiger partial charge < -0.3 is 0 Å². The third-order valence-corrected chi connectivity index (χ3v) is 1.68. The monoisotopic (exact) mass is 189 g/mol. The van der Waals surface area contributed by atoms with Crippen molar-refractivity contribution in [3.8, 4) is 17.9 Å². The van der Waals surface area contributed by atoms with E-state index in [1.54, 1.807) is 18.2 Å². The standard InChI is InChI=1S/C10H4ClNO/c11-10-6-8(2-1-5-13)3-4-9(10)7-12/h3-6H. The molecule has 1 rings (SSSR count). The highest BCUT2D eigenvalue weighted by Gasteiger charge is 1.98. The zero-order valence-electron chi connectivity index (χ0n) is 6.54. The molecule has 0 spiro atoms. The highest BCUT2D eigenvalue weighted by molar-refractivity contribution is 6.31. The molecule has 0 aliphatic carbocycles. The van der Waals surface area contributed by atoms with E-state index >= 15 is 0 Å². The number of hydrogen-bond acceptors (Lipinski definition) is 2. The van der Waals surface area contributed by atoms with Crippen LogP contribution in [-0.4, -0.2) is 6.29 Å². The van der Waals surface area contributed by atoms with Gasteiger partial charge in [0.2, 0.25) is 0 Å². The molecule has 0 amide bonds. The van der Waals surface area contributed by atoms with Crippen LogP contribution in [0.2, 0.25) is 5.02 Å². The van der Waals surface area contributed by atoms with Crippen LogP contribution in [0.1, 0.15) is 11.1 Å². The van der Waals surface area contributed by atoms with E-state index in [-0.39, 0.29) is 0 Å². The molecule has 13 heavy (non-hydrogen) atoms. The quantitative estimate of drug-likeness (QED) is 0.461. The lowest BCUT2D eigenvalue weighted by Gasteiger charge is -1.93. The molecule has 0 N–H and O–H groups in total. The van der Waals surface area contributed by atoms with Gasteiger partial charge in [-0.25, -0.2) is 0 Å². The maximum Gasteiger partial charge on any atom is 0.193 e. The van der Waals surface area contributed by atoms with Crippen LogP contribution in [0.5, 0.6) is 0 Å². The molecule has 1 aromatic rings. The molecule has 0 unspecified atom stereocenters. The molecule has 3 heteroatoms. The van der Waals surface area contributed by atoms with Crippen LogP contribution in [0.3, 0.4) is 0 Å².